The van der Waals surface area contributed by atoms with Crippen LogP contribution in [0.15, 0.2) is 66.7 Å². The average Bonchev–Trinajstić information content (AvgIpc) is 3.15. The number of carboxylic acid groups (broad SMARTS) is 1. The lowest BCUT2D eigenvalue weighted by Gasteiger charge is -2.06. The fourth-order valence-electron chi connectivity index (χ4n) is 3.25. The highest BCUT2D eigenvalue weighted by Crippen LogP contribution is 2.23. The van der Waals surface area contributed by atoms with Crippen LogP contribution >= 0.6 is 0 Å². The Morgan fingerprint density at radius 3 is 2.46 bits per heavy atom. The van der Waals surface area contributed by atoms with E-state index in [9.17, 15) is 10.1 Å². The van der Waals surface area contributed by atoms with Crippen molar-refractivity contribution in [3.8, 4) is 17.2 Å². The van der Waals surface area contributed by atoms with Gasteiger partial charge in [0.2, 0.25) is 0 Å². The number of para-hydroxylation sites is 2. The maximum absolute atomic E-state index is 11.2. The molecular formula is C23H17N3O2. The number of nitrogens with zero attached hydrogens (tertiary/aromatic N) is 2. The summed E-state index contributed by atoms with van der Waals surface area (Å²) in [5.74, 6) is -0.128. The van der Waals surface area contributed by atoms with Gasteiger partial charge in [-0.2, -0.15) is 5.26 Å². The van der Waals surface area contributed by atoms with Crippen molar-refractivity contribution >= 4 is 17.0 Å². The summed E-state index contributed by atoms with van der Waals surface area (Å²) in [5.41, 5.74) is 5.17. The Morgan fingerprint density at radius 1 is 1.00 bits per heavy atom. The molecule has 0 atom stereocenters. The molecule has 2 N–H and O–H groups in total. The van der Waals surface area contributed by atoms with Gasteiger partial charge in [0.15, 0.2) is 0 Å². The number of rotatable bonds is 5. The van der Waals surface area contributed by atoms with Crippen molar-refractivity contribution < 1.29 is 9.90 Å². The van der Waals surface area contributed by atoms with E-state index in [0.29, 0.717) is 0 Å². The number of hydrogen-bond donors (Lipinski definition) is 2. The molecule has 4 rings (SSSR count). The van der Waals surface area contributed by atoms with E-state index in [4.69, 9.17) is 5.11 Å². The van der Waals surface area contributed by atoms with Crippen LogP contribution in [-0.2, 0) is 12.8 Å². The van der Waals surface area contributed by atoms with Gasteiger partial charge in [-0.25, -0.2) is 9.78 Å². The Morgan fingerprint density at radius 2 is 1.75 bits per heavy atom. The summed E-state index contributed by atoms with van der Waals surface area (Å²) in [4.78, 5) is 19.1. The molecule has 3 aromatic carbocycles. The van der Waals surface area contributed by atoms with Crippen LogP contribution in [0.4, 0.5) is 0 Å². The number of nitrogens with one attached hydrogen (secondary N) is 1. The minimum absolute atomic E-state index is 0.0219. The monoisotopic (exact) mass is 367 g/mol. The van der Waals surface area contributed by atoms with E-state index in [1.165, 1.54) is 11.6 Å². The summed E-state index contributed by atoms with van der Waals surface area (Å²) in [6.07, 6.45) is 1.68. The smallest absolute Gasteiger partial charge is 0.337 e. The second kappa shape index (κ2) is 7.37. The molecule has 5 heteroatoms. The molecule has 0 fully saturated rings. The summed E-state index contributed by atoms with van der Waals surface area (Å²) in [6, 6.07) is 22.8. The zero-order valence-corrected chi connectivity index (χ0v) is 15.0. The van der Waals surface area contributed by atoms with Crippen LogP contribution in [0.25, 0.3) is 22.2 Å². The van der Waals surface area contributed by atoms with Gasteiger partial charge in [-0.1, -0.05) is 42.5 Å². The first-order chi connectivity index (χ1) is 13.6. The van der Waals surface area contributed by atoms with Gasteiger partial charge >= 0.3 is 5.97 Å². The Bertz CT molecular complexity index is 1170. The summed E-state index contributed by atoms with van der Waals surface area (Å²) in [7, 11) is 0. The molecule has 0 aliphatic rings. The lowest BCUT2D eigenvalue weighted by Crippen LogP contribution is -2.00. The van der Waals surface area contributed by atoms with E-state index in [1.54, 1.807) is 12.1 Å². The molecule has 1 heterocycles. The Hall–Kier alpha value is -3.91. The third-order valence-electron chi connectivity index (χ3n) is 4.75. The molecule has 4 aromatic rings. The first kappa shape index (κ1) is 17.5. The maximum atomic E-state index is 11.2. The molecule has 0 bridgehead atoms. The normalized spacial score (nSPS) is 10.7. The molecule has 0 spiro atoms. The molecule has 136 valence electrons. The largest absolute Gasteiger partial charge is 0.478 e. The van der Waals surface area contributed by atoms with Crippen molar-refractivity contribution in [3.05, 3.63) is 89.2 Å². The minimum Gasteiger partial charge on any atom is -0.478 e. The molecule has 0 aliphatic carbocycles. The van der Waals surface area contributed by atoms with E-state index >= 15 is 0 Å². The van der Waals surface area contributed by atoms with Crippen LogP contribution in [0.1, 0.15) is 27.3 Å². The number of nitriles is 1. The summed E-state index contributed by atoms with van der Waals surface area (Å²) in [5, 5.41) is 18.3. The minimum atomic E-state index is -1.09. The van der Waals surface area contributed by atoms with E-state index in [2.05, 4.69) is 22.1 Å². The fraction of sp³-hybridized carbons (Fsp3) is 0.0870. The number of aromatic nitrogens is 2. The molecule has 0 saturated carbocycles. The number of aryl methyl sites for hydroxylation is 2. The van der Waals surface area contributed by atoms with Crippen LogP contribution in [0.3, 0.4) is 0 Å². The van der Waals surface area contributed by atoms with Crippen LogP contribution in [-0.4, -0.2) is 21.0 Å². The first-order valence-electron chi connectivity index (χ1n) is 8.94. The highest BCUT2D eigenvalue weighted by molar-refractivity contribution is 5.91. The topological polar surface area (TPSA) is 89.8 Å². The lowest BCUT2D eigenvalue weighted by molar-refractivity contribution is 0.0696. The van der Waals surface area contributed by atoms with Crippen molar-refractivity contribution in [3.63, 3.8) is 0 Å². The van der Waals surface area contributed by atoms with Crippen molar-refractivity contribution in [2.45, 2.75) is 12.8 Å². The predicted octanol–water partition coefficient (Wildman–Crippen LogP) is 4.58. The number of benzene rings is 3. The van der Waals surface area contributed by atoms with Crippen molar-refractivity contribution in [2.75, 3.05) is 0 Å². The summed E-state index contributed by atoms with van der Waals surface area (Å²) in [6.45, 7) is 0. The Labute approximate surface area is 161 Å². The Balaban J connectivity index is 1.49. The Kier molecular flexibility index (Phi) is 4.61. The number of aromatic carboxylic acids is 1. The molecule has 5 nitrogen and oxygen atoms in total. The first-order valence-corrected chi connectivity index (χ1v) is 8.94. The molecule has 28 heavy (non-hydrogen) atoms. The van der Waals surface area contributed by atoms with Gasteiger partial charge in [0.1, 0.15) is 11.9 Å². The number of aromatic amines is 1. The van der Waals surface area contributed by atoms with Crippen molar-refractivity contribution in [1.29, 1.82) is 5.26 Å². The SMILES string of the molecule is N#Cc1cc(-c2ccc(CCc3nc4ccccc4[nH]3)cc2)ccc1C(=O)O. The quantitative estimate of drug-likeness (QED) is 0.540. The van der Waals surface area contributed by atoms with E-state index < -0.39 is 5.97 Å². The third kappa shape index (κ3) is 3.49. The highest BCUT2D eigenvalue weighted by Gasteiger charge is 2.11. The zero-order chi connectivity index (χ0) is 19.5. The summed E-state index contributed by atoms with van der Waals surface area (Å²) < 4.78 is 0. The second-order valence-corrected chi connectivity index (χ2v) is 6.57. The van der Waals surface area contributed by atoms with Gasteiger partial charge in [0.25, 0.3) is 0 Å². The fourth-order valence-corrected chi connectivity index (χ4v) is 3.25. The van der Waals surface area contributed by atoms with Crippen LogP contribution in [0, 0.1) is 11.3 Å². The molecule has 0 radical (unpaired) electrons. The number of hydrogen-bond acceptors (Lipinski definition) is 3. The number of fused-ring (bicyclic) bond motifs is 1. The third-order valence-corrected chi connectivity index (χ3v) is 4.75. The van der Waals surface area contributed by atoms with Crippen LogP contribution in [0.2, 0.25) is 0 Å². The molecule has 0 amide bonds. The van der Waals surface area contributed by atoms with Crippen LogP contribution in [0.5, 0.6) is 0 Å². The standard InChI is InChI=1S/C23H17N3O2/c24-14-18-13-17(10-11-19(18)23(27)28)16-8-5-15(6-9-16)7-12-22-25-20-3-1-2-4-21(20)26-22/h1-6,8-11,13H,7,12H2,(H,25,26)(H,27,28). The number of imidazole rings is 1. The zero-order valence-electron chi connectivity index (χ0n) is 15.0. The van der Waals surface area contributed by atoms with E-state index in [-0.39, 0.29) is 11.1 Å². The van der Waals surface area contributed by atoms with Gasteiger partial charge in [-0.3, -0.25) is 0 Å². The maximum Gasteiger partial charge on any atom is 0.337 e. The second-order valence-electron chi connectivity index (χ2n) is 6.57. The molecule has 0 aliphatic heterocycles. The predicted molar refractivity (Wildman–Crippen MR) is 107 cm³/mol. The van der Waals surface area contributed by atoms with Gasteiger partial charge in [-0.05, 0) is 47.4 Å². The highest BCUT2D eigenvalue weighted by atomic mass is 16.4. The van der Waals surface area contributed by atoms with Crippen molar-refractivity contribution in [1.82, 2.24) is 9.97 Å². The van der Waals surface area contributed by atoms with Crippen molar-refractivity contribution in [2.24, 2.45) is 0 Å². The lowest BCUT2D eigenvalue weighted by atomic mass is 9.98. The van der Waals surface area contributed by atoms with Gasteiger partial charge in [-0.15, -0.1) is 0 Å². The number of carbonyl (C=O) groups is 1. The van der Waals surface area contributed by atoms with E-state index in [1.807, 2.05) is 42.5 Å². The average molecular weight is 367 g/mol. The number of carboxylic acids is 1. The van der Waals surface area contributed by atoms with E-state index in [0.717, 1.165) is 40.8 Å². The van der Waals surface area contributed by atoms with Crippen LogP contribution < -0.4 is 0 Å². The molecule has 1 aromatic heterocycles. The van der Waals surface area contributed by atoms with Gasteiger partial charge < -0.3 is 10.1 Å². The molecule has 0 unspecified atom stereocenters. The molecular weight excluding hydrogens is 350 g/mol. The molecule has 0 saturated heterocycles. The summed E-state index contributed by atoms with van der Waals surface area (Å²) >= 11 is 0. The number of H-pyrrole nitrogens is 1. The van der Waals surface area contributed by atoms with Gasteiger partial charge in [0.05, 0.1) is 22.2 Å². The van der Waals surface area contributed by atoms with Gasteiger partial charge in [0, 0.05) is 6.42 Å².